The van der Waals surface area contributed by atoms with Crippen molar-refractivity contribution in [2.45, 2.75) is 33.1 Å². The van der Waals surface area contributed by atoms with Gasteiger partial charge in [-0.25, -0.2) is 0 Å². The fourth-order valence-corrected chi connectivity index (χ4v) is 3.51. The van der Waals surface area contributed by atoms with Crippen LogP contribution in [0.2, 0.25) is 0 Å². The molecule has 0 radical (unpaired) electrons. The molecule has 28 heavy (non-hydrogen) atoms. The zero-order valence-corrected chi connectivity index (χ0v) is 16.7. The quantitative estimate of drug-likeness (QED) is 0.798. The van der Waals surface area contributed by atoms with Gasteiger partial charge < -0.3 is 15.5 Å². The Kier molecular flexibility index (Phi) is 6.69. The summed E-state index contributed by atoms with van der Waals surface area (Å²) in [5, 5.41) is 5.85. The van der Waals surface area contributed by atoms with Crippen LogP contribution >= 0.6 is 0 Å². The van der Waals surface area contributed by atoms with Crippen molar-refractivity contribution in [1.82, 2.24) is 5.32 Å². The smallest absolute Gasteiger partial charge is 0.253 e. The second-order valence-corrected chi connectivity index (χ2v) is 7.39. The van der Waals surface area contributed by atoms with Gasteiger partial charge >= 0.3 is 0 Å². The van der Waals surface area contributed by atoms with Crippen LogP contribution in [-0.4, -0.2) is 31.4 Å². The summed E-state index contributed by atoms with van der Waals surface area (Å²) in [6.45, 7) is 6.44. The van der Waals surface area contributed by atoms with Crippen LogP contribution < -0.4 is 15.5 Å². The van der Waals surface area contributed by atoms with E-state index in [1.807, 2.05) is 19.1 Å². The van der Waals surface area contributed by atoms with E-state index in [1.54, 1.807) is 12.1 Å². The molecule has 0 bridgehead atoms. The zero-order chi connectivity index (χ0) is 19.9. The first-order valence-electron chi connectivity index (χ1n) is 10.1. The highest BCUT2D eigenvalue weighted by molar-refractivity contribution is 6.04. The number of benzene rings is 2. The number of rotatable bonds is 6. The number of amides is 2. The van der Waals surface area contributed by atoms with Crippen LogP contribution in [0.3, 0.4) is 0 Å². The van der Waals surface area contributed by atoms with Gasteiger partial charge in [0.05, 0.1) is 11.3 Å². The number of piperidine rings is 1. The number of carbonyl (C=O) groups excluding carboxylic acids is 2. The van der Waals surface area contributed by atoms with Crippen molar-refractivity contribution in [3.8, 4) is 0 Å². The number of hydrogen-bond acceptors (Lipinski definition) is 3. The van der Waals surface area contributed by atoms with Crippen LogP contribution in [0, 0.1) is 12.8 Å². The Morgan fingerprint density at radius 3 is 2.39 bits per heavy atom. The minimum Gasteiger partial charge on any atom is -0.371 e. The molecule has 1 heterocycles. The first-order valence-corrected chi connectivity index (χ1v) is 10.1. The minimum absolute atomic E-state index is 0.000650. The topological polar surface area (TPSA) is 61.4 Å². The SMILES string of the molecule is CCCNC(=O)c1ccccc1NC(=O)C1CCN(c2ccc(C)cc2)CC1. The van der Waals surface area contributed by atoms with Gasteiger partial charge in [-0.15, -0.1) is 0 Å². The number of para-hydroxylation sites is 1. The highest BCUT2D eigenvalue weighted by Gasteiger charge is 2.26. The molecule has 0 aromatic heterocycles. The van der Waals surface area contributed by atoms with Gasteiger partial charge in [0.1, 0.15) is 0 Å². The Labute approximate surface area is 167 Å². The minimum atomic E-state index is -0.146. The molecular weight excluding hydrogens is 350 g/mol. The van der Waals surface area contributed by atoms with Crippen molar-refractivity contribution in [2.24, 2.45) is 5.92 Å². The monoisotopic (exact) mass is 379 g/mol. The van der Waals surface area contributed by atoms with Crippen LogP contribution in [0.4, 0.5) is 11.4 Å². The number of nitrogens with one attached hydrogen (secondary N) is 2. The summed E-state index contributed by atoms with van der Waals surface area (Å²) < 4.78 is 0. The third-order valence-electron chi connectivity index (χ3n) is 5.23. The van der Waals surface area contributed by atoms with Crippen LogP contribution in [0.15, 0.2) is 48.5 Å². The molecule has 2 aromatic rings. The van der Waals surface area contributed by atoms with Crippen LogP contribution in [0.25, 0.3) is 0 Å². The van der Waals surface area contributed by atoms with E-state index in [0.717, 1.165) is 32.4 Å². The Morgan fingerprint density at radius 2 is 1.71 bits per heavy atom. The molecule has 0 unspecified atom stereocenters. The predicted molar refractivity (Wildman–Crippen MR) is 114 cm³/mol. The van der Waals surface area contributed by atoms with Gasteiger partial charge in [0.25, 0.3) is 5.91 Å². The van der Waals surface area contributed by atoms with Crippen molar-refractivity contribution in [3.05, 3.63) is 59.7 Å². The first kappa shape index (κ1) is 19.9. The molecule has 1 saturated heterocycles. The summed E-state index contributed by atoms with van der Waals surface area (Å²) in [7, 11) is 0. The Bertz CT molecular complexity index is 809. The molecule has 0 atom stereocenters. The van der Waals surface area contributed by atoms with Gasteiger partial charge in [0.15, 0.2) is 0 Å². The van der Waals surface area contributed by atoms with Crippen molar-refractivity contribution < 1.29 is 9.59 Å². The zero-order valence-electron chi connectivity index (χ0n) is 16.7. The second kappa shape index (κ2) is 9.40. The maximum Gasteiger partial charge on any atom is 0.253 e. The standard InChI is InChI=1S/C23H29N3O2/c1-3-14-24-23(28)20-6-4-5-7-21(20)25-22(27)18-12-15-26(16-13-18)19-10-8-17(2)9-11-19/h4-11,18H,3,12-16H2,1-2H3,(H,24,28)(H,25,27). The Morgan fingerprint density at radius 1 is 1.04 bits per heavy atom. The molecule has 5 heteroatoms. The molecule has 1 aliphatic heterocycles. The molecule has 0 spiro atoms. The van der Waals surface area contributed by atoms with E-state index in [0.29, 0.717) is 17.8 Å². The van der Waals surface area contributed by atoms with E-state index in [-0.39, 0.29) is 17.7 Å². The molecule has 2 aromatic carbocycles. The van der Waals surface area contributed by atoms with Crippen molar-refractivity contribution in [1.29, 1.82) is 0 Å². The molecule has 3 rings (SSSR count). The molecule has 2 amide bonds. The molecule has 0 aliphatic carbocycles. The third-order valence-corrected chi connectivity index (χ3v) is 5.23. The van der Waals surface area contributed by atoms with Gasteiger partial charge in [-0.1, -0.05) is 36.8 Å². The second-order valence-electron chi connectivity index (χ2n) is 7.39. The van der Waals surface area contributed by atoms with E-state index >= 15 is 0 Å². The van der Waals surface area contributed by atoms with Gasteiger partial charge in [-0.05, 0) is 50.5 Å². The molecule has 5 nitrogen and oxygen atoms in total. The maximum absolute atomic E-state index is 12.8. The van der Waals surface area contributed by atoms with E-state index < -0.39 is 0 Å². The largest absolute Gasteiger partial charge is 0.371 e. The molecular formula is C23H29N3O2. The Balaban J connectivity index is 1.59. The fraction of sp³-hybridized carbons (Fsp3) is 0.391. The van der Waals surface area contributed by atoms with Crippen LogP contribution in [0.5, 0.6) is 0 Å². The molecule has 148 valence electrons. The summed E-state index contributed by atoms with van der Waals surface area (Å²) >= 11 is 0. The van der Waals surface area contributed by atoms with Gasteiger partial charge in [-0.3, -0.25) is 9.59 Å². The van der Waals surface area contributed by atoms with E-state index in [4.69, 9.17) is 0 Å². The van der Waals surface area contributed by atoms with Crippen LogP contribution in [-0.2, 0) is 4.79 Å². The highest BCUT2D eigenvalue weighted by atomic mass is 16.2. The molecule has 1 aliphatic rings. The summed E-state index contributed by atoms with van der Waals surface area (Å²) in [6.07, 6.45) is 2.49. The Hall–Kier alpha value is -2.82. The van der Waals surface area contributed by atoms with Crippen molar-refractivity contribution in [2.75, 3.05) is 29.9 Å². The van der Waals surface area contributed by atoms with Gasteiger partial charge in [0.2, 0.25) is 5.91 Å². The van der Waals surface area contributed by atoms with Crippen molar-refractivity contribution in [3.63, 3.8) is 0 Å². The average molecular weight is 380 g/mol. The average Bonchev–Trinajstić information content (AvgIpc) is 2.73. The highest BCUT2D eigenvalue weighted by Crippen LogP contribution is 2.25. The summed E-state index contributed by atoms with van der Waals surface area (Å²) in [5.41, 5.74) is 3.56. The number of aryl methyl sites for hydroxylation is 1. The number of anilines is 2. The van der Waals surface area contributed by atoms with Gasteiger partial charge in [-0.2, -0.15) is 0 Å². The fourth-order valence-electron chi connectivity index (χ4n) is 3.51. The molecule has 0 saturated carbocycles. The lowest BCUT2D eigenvalue weighted by atomic mass is 9.95. The molecule has 2 N–H and O–H groups in total. The molecule has 1 fully saturated rings. The maximum atomic E-state index is 12.8. The summed E-state index contributed by atoms with van der Waals surface area (Å²) in [6, 6.07) is 15.7. The summed E-state index contributed by atoms with van der Waals surface area (Å²) in [5.74, 6) is -0.181. The lowest BCUT2D eigenvalue weighted by Gasteiger charge is -2.33. The third kappa shape index (κ3) is 4.91. The van der Waals surface area contributed by atoms with E-state index in [9.17, 15) is 9.59 Å². The predicted octanol–water partition coefficient (Wildman–Crippen LogP) is 3.99. The van der Waals surface area contributed by atoms with E-state index in [2.05, 4.69) is 46.7 Å². The normalized spacial score (nSPS) is 14.6. The number of carbonyl (C=O) groups is 2. The van der Waals surface area contributed by atoms with Gasteiger partial charge in [0, 0.05) is 31.2 Å². The van der Waals surface area contributed by atoms with E-state index in [1.165, 1.54) is 11.3 Å². The van der Waals surface area contributed by atoms with Crippen LogP contribution in [0.1, 0.15) is 42.1 Å². The van der Waals surface area contributed by atoms with Crippen molar-refractivity contribution >= 4 is 23.2 Å². The first-order chi connectivity index (χ1) is 13.6. The number of nitrogens with zero attached hydrogens (tertiary/aromatic N) is 1. The number of hydrogen-bond donors (Lipinski definition) is 2. The lowest BCUT2D eigenvalue weighted by Crippen LogP contribution is -2.38. The summed E-state index contributed by atoms with van der Waals surface area (Å²) in [4.78, 5) is 27.4. The lowest BCUT2D eigenvalue weighted by molar-refractivity contribution is -0.120.